The fourth-order valence-electron chi connectivity index (χ4n) is 3.41. The smallest absolute Gasteiger partial charge is 0.322 e. The van der Waals surface area contributed by atoms with E-state index in [1.807, 2.05) is 0 Å². The molecule has 0 saturated carbocycles. The van der Waals surface area contributed by atoms with E-state index < -0.39 is 24.3 Å². The minimum atomic E-state index is -1.15. The molecule has 0 spiro atoms. The van der Waals surface area contributed by atoms with Crippen LogP contribution in [0.3, 0.4) is 0 Å². The number of rotatable bonds is 5. The summed E-state index contributed by atoms with van der Waals surface area (Å²) in [5, 5.41) is 22.1. The molecule has 3 aromatic rings. The van der Waals surface area contributed by atoms with E-state index in [1.54, 1.807) is 44.2 Å². The Morgan fingerprint density at radius 1 is 1.14 bits per heavy atom. The number of aliphatic carboxylic acids is 1. The molecule has 3 N–H and O–H groups in total. The lowest BCUT2D eigenvalue weighted by atomic mass is 9.97. The Kier molecular flexibility index (Phi) is 5.61. The van der Waals surface area contributed by atoms with Gasteiger partial charge in [-0.3, -0.25) is 19.0 Å². The number of hydrogen-bond donors (Lipinski definition) is 3. The van der Waals surface area contributed by atoms with E-state index in [1.165, 1.54) is 16.7 Å². The second-order valence-electron chi connectivity index (χ2n) is 6.68. The quantitative estimate of drug-likeness (QED) is 0.593. The second kappa shape index (κ2) is 7.97. The van der Waals surface area contributed by atoms with Gasteiger partial charge in [0.25, 0.3) is 5.91 Å². The summed E-state index contributed by atoms with van der Waals surface area (Å²) in [4.78, 5) is 36.4. The van der Waals surface area contributed by atoms with Crippen LogP contribution in [-0.2, 0) is 9.59 Å². The molecule has 29 heavy (non-hydrogen) atoms. The van der Waals surface area contributed by atoms with E-state index in [0.29, 0.717) is 32.7 Å². The number of phenols is 1. The van der Waals surface area contributed by atoms with Crippen LogP contribution in [0.2, 0.25) is 5.02 Å². The summed E-state index contributed by atoms with van der Waals surface area (Å²) in [5.41, 5.74) is 2.02. The van der Waals surface area contributed by atoms with Crippen LogP contribution >= 0.6 is 11.6 Å². The summed E-state index contributed by atoms with van der Waals surface area (Å²) in [6.45, 7) is 2.83. The van der Waals surface area contributed by atoms with Crippen molar-refractivity contribution in [3.8, 4) is 5.75 Å². The Morgan fingerprint density at radius 2 is 1.79 bits per heavy atom. The van der Waals surface area contributed by atoms with Gasteiger partial charge in [-0.15, -0.1) is 0 Å². The molecule has 0 aliphatic carbocycles. The highest BCUT2D eigenvalue weighted by Crippen LogP contribution is 2.34. The summed E-state index contributed by atoms with van der Waals surface area (Å²) in [7, 11) is 0. The molecule has 1 amide bonds. The fourth-order valence-corrected chi connectivity index (χ4v) is 3.53. The molecule has 0 saturated heterocycles. The Morgan fingerprint density at radius 3 is 2.41 bits per heavy atom. The number of phenolic OH excluding ortho intramolecular Hbond substituents is 1. The number of nitrogens with one attached hydrogen (secondary N) is 1. The van der Waals surface area contributed by atoms with Crippen molar-refractivity contribution in [2.24, 2.45) is 0 Å². The first-order valence-electron chi connectivity index (χ1n) is 8.84. The van der Waals surface area contributed by atoms with E-state index >= 15 is 0 Å². The maximum atomic E-state index is 13.2. The summed E-state index contributed by atoms with van der Waals surface area (Å²) in [6, 6.07) is 11.0. The van der Waals surface area contributed by atoms with Gasteiger partial charge in [0.15, 0.2) is 0 Å². The summed E-state index contributed by atoms with van der Waals surface area (Å²) in [5.74, 6) is -2.69. The number of fused-ring (bicyclic) bond motifs is 1. The van der Waals surface area contributed by atoms with Crippen LogP contribution in [0.1, 0.15) is 34.5 Å². The molecule has 3 rings (SSSR count). The molecule has 0 fully saturated rings. The van der Waals surface area contributed by atoms with E-state index in [4.69, 9.17) is 16.7 Å². The van der Waals surface area contributed by atoms with Crippen LogP contribution in [0.15, 0.2) is 42.5 Å². The summed E-state index contributed by atoms with van der Waals surface area (Å²) >= 11 is 5.91. The average molecular weight is 415 g/mol. The molecule has 0 radical (unpaired) electrons. The van der Waals surface area contributed by atoms with Crippen molar-refractivity contribution >= 4 is 40.3 Å². The minimum absolute atomic E-state index is 0.00649. The lowest BCUT2D eigenvalue weighted by Gasteiger charge is -2.13. The number of carboxylic acid groups (broad SMARTS) is 1. The van der Waals surface area contributed by atoms with Crippen molar-refractivity contribution in [3.05, 3.63) is 64.3 Å². The Balaban J connectivity index is 2.14. The number of hydrogen-bond acceptors (Lipinski definition) is 4. The zero-order valence-corrected chi connectivity index (χ0v) is 16.5. The number of nitrogens with zero attached hydrogens (tertiary/aromatic N) is 1. The molecule has 0 aliphatic heterocycles. The second-order valence-corrected chi connectivity index (χ2v) is 7.12. The van der Waals surface area contributed by atoms with Crippen LogP contribution in [-0.4, -0.2) is 39.1 Å². The monoisotopic (exact) mass is 414 g/mol. The fraction of sp³-hybridized carbons (Fsp3) is 0.190. The lowest BCUT2D eigenvalue weighted by molar-refractivity contribution is -0.138. The first-order valence-corrected chi connectivity index (χ1v) is 9.22. The molecule has 1 atom stereocenters. The molecule has 0 unspecified atom stereocenters. The van der Waals surface area contributed by atoms with Crippen LogP contribution < -0.4 is 5.32 Å². The Bertz CT molecular complexity index is 1120. The van der Waals surface area contributed by atoms with E-state index in [9.17, 15) is 19.5 Å². The third kappa shape index (κ3) is 3.95. The van der Waals surface area contributed by atoms with Crippen LogP contribution in [0.4, 0.5) is 0 Å². The van der Waals surface area contributed by atoms with Gasteiger partial charge in [-0.1, -0.05) is 11.6 Å². The van der Waals surface area contributed by atoms with Crippen molar-refractivity contribution in [2.45, 2.75) is 19.8 Å². The highest BCUT2D eigenvalue weighted by Gasteiger charge is 2.27. The van der Waals surface area contributed by atoms with Gasteiger partial charge in [0.1, 0.15) is 12.3 Å². The Hall–Kier alpha value is -3.32. The molecule has 1 heterocycles. The normalized spacial score (nSPS) is 12.0. The maximum Gasteiger partial charge on any atom is 0.322 e. The van der Waals surface area contributed by atoms with Gasteiger partial charge in [-0.2, -0.15) is 0 Å². The van der Waals surface area contributed by atoms with Gasteiger partial charge in [-0.25, -0.2) is 0 Å². The number of halogens is 1. The van der Waals surface area contributed by atoms with Gasteiger partial charge in [0.05, 0.1) is 11.4 Å². The number of aromatic hydroxyl groups is 1. The van der Waals surface area contributed by atoms with Gasteiger partial charge in [0, 0.05) is 21.7 Å². The van der Waals surface area contributed by atoms with Gasteiger partial charge in [-0.05, 0) is 61.9 Å². The van der Waals surface area contributed by atoms with E-state index in [0.717, 1.165) is 0 Å². The van der Waals surface area contributed by atoms with Crippen molar-refractivity contribution in [1.82, 2.24) is 9.88 Å². The van der Waals surface area contributed by atoms with Crippen molar-refractivity contribution in [1.29, 1.82) is 0 Å². The number of carbonyl (C=O) groups is 3. The van der Waals surface area contributed by atoms with E-state index in [-0.39, 0.29) is 11.7 Å². The zero-order chi connectivity index (χ0) is 21.3. The van der Waals surface area contributed by atoms with Crippen LogP contribution in [0.25, 0.3) is 10.9 Å². The lowest BCUT2D eigenvalue weighted by Crippen LogP contribution is -2.32. The Labute approximate surface area is 171 Å². The molecule has 2 aromatic carbocycles. The molecule has 150 valence electrons. The van der Waals surface area contributed by atoms with Crippen molar-refractivity contribution < 1.29 is 24.6 Å². The number of benzene rings is 2. The zero-order valence-electron chi connectivity index (χ0n) is 15.8. The average Bonchev–Trinajstić information content (AvgIpc) is 2.96. The SMILES string of the molecule is Cc1c([C@@H](C)C(=O)NCC(=O)O)c2cc(O)ccc2n1C(=O)c1ccc(Cl)cc1. The van der Waals surface area contributed by atoms with Crippen LogP contribution in [0, 0.1) is 6.92 Å². The third-order valence-corrected chi connectivity index (χ3v) is 5.02. The number of carboxylic acids is 1. The summed E-state index contributed by atoms with van der Waals surface area (Å²) in [6.07, 6.45) is 0. The third-order valence-electron chi connectivity index (χ3n) is 4.77. The standard InChI is InChI=1S/C21H19ClN2O5/c1-11(20(28)23-10-18(26)27)19-12(2)24(17-8-7-15(25)9-16(17)19)21(29)13-3-5-14(22)6-4-13/h3-9,11,25H,10H2,1-2H3,(H,23,28)(H,26,27)/t11-/m1/s1. The van der Waals surface area contributed by atoms with Crippen LogP contribution in [0.5, 0.6) is 5.75 Å². The molecular weight excluding hydrogens is 396 g/mol. The molecule has 1 aromatic heterocycles. The number of carbonyl (C=O) groups excluding carboxylic acids is 2. The van der Waals surface area contributed by atoms with Gasteiger partial charge >= 0.3 is 5.97 Å². The number of amides is 1. The van der Waals surface area contributed by atoms with E-state index in [2.05, 4.69) is 5.32 Å². The first-order chi connectivity index (χ1) is 13.7. The van der Waals surface area contributed by atoms with Gasteiger partial charge in [0.2, 0.25) is 5.91 Å². The van der Waals surface area contributed by atoms with Crippen molar-refractivity contribution in [3.63, 3.8) is 0 Å². The predicted octanol–water partition coefficient (Wildman–Crippen LogP) is 3.30. The maximum absolute atomic E-state index is 13.2. The molecule has 0 aliphatic rings. The highest BCUT2D eigenvalue weighted by atomic mass is 35.5. The van der Waals surface area contributed by atoms with Gasteiger partial charge < -0.3 is 15.5 Å². The minimum Gasteiger partial charge on any atom is -0.508 e. The molecule has 7 nitrogen and oxygen atoms in total. The molecule has 0 bridgehead atoms. The predicted molar refractivity (Wildman–Crippen MR) is 109 cm³/mol. The molecular formula is C21H19ClN2O5. The number of aromatic nitrogens is 1. The highest BCUT2D eigenvalue weighted by molar-refractivity contribution is 6.30. The largest absolute Gasteiger partial charge is 0.508 e. The summed E-state index contributed by atoms with van der Waals surface area (Å²) < 4.78 is 1.48. The molecule has 8 heteroatoms. The first kappa shape index (κ1) is 20.4. The topological polar surface area (TPSA) is 109 Å². The van der Waals surface area contributed by atoms with Crippen molar-refractivity contribution in [2.75, 3.05) is 6.54 Å².